The number of fused-ring (bicyclic) bond motifs is 4. The van der Waals surface area contributed by atoms with E-state index in [2.05, 4.69) is 65.9 Å². The van der Waals surface area contributed by atoms with Crippen molar-refractivity contribution in [1.82, 2.24) is 19.8 Å². The fourth-order valence-electron chi connectivity index (χ4n) is 7.23. The van der Waals surface area contributed by atoms with Crippen LogP contribution >= 0.6 is 0 Å². The van der Waals surface area contributed by atoms with Crippen LogP contribution in [-0.2, 0) is 11.2 Å². The van der Waals surface area contributed by atoms with E-state index in [0.29, 0.717) is 38.3 Å². The monoisotopic (exact) mass is 548 g/mol. The van der Waals surface area contributed by atoms with Crippen LogP contribution in [0.4, 0.5) is 5.82 Å². The van der Waals surface area contributed by atoms with Crippen molar-refractivity contribution in [2.75, 3.05) is 44.7 Å². The second kappa shape index (κ2) is 10.5. The van der Waals surface area contributed by atoms with Gasteiger partial charge in [0.15, 0.2) is 0 Å². The van der Waals surface area contributed by atoms with Crippen LogP contribution in [0.1, 0.15) is 42.7 Å². The smallest absolute Gasteiger partial charge is 0.319 e. The first-order valence-electron chi connectivity index (χ1n) is 14.9. The summed E-state index contributed by atoms with van der Waals surface area (Å²) in [5, 5.41) is 10.5. The largest absolute Gasteiger partial charge is 0.462 e. The predicted octanol–water partition coefficient (Wildman–Crippen LogP) is 4.55. The van der Waals surface area contributed by atoms with Crippen molar-refractivity contribution in [1.29, 1.82) is 5.26 Å². The van der Waals surface area contributed by atoms with Gasteiger partial charge >= 0.3 is 6.01 Å². The van der Waals surface area contributed by atoms with E-state index >= 15 is 0 Å². The van der Waals surface area contributed by atoms with E-state index in [0.717, 1.165) is 41.5 Å². The van der Waals surface area contributed by atoms with Gasteiger partial charge in [-0.2, -0.15) is 15.2 Å². The molecule has 2 aliphatic heterocycles. The van der Waals surface area contributed by atoms with E-state index in [9.17, 15) is 10.1 Å². The van der Waals surface area contributed by atoms with Crippen LogP contribution in [0.2, 0.25) is 0 Å². The van der Waals surface area contributed by atoms with Gasteiger partial charge in [-0.1, -0.05) is 30.8 Å². The Bertz CT molecular complexity index is 1560. The number of carbonyl (C=O) groups excluding carboxylic acids is 1. The van der Waals surface area contributed by atoms with E-state index in [-0.39, 0.29) is 18.4 Å². The van der Waals surface area contributed by atoms with E-state index < -0.39 is 0 Å². The van der Waals surface area contributed by atoms with Crippen molar-refractivity contribution in [3.8, 4) is 23.2 Å². The number of aromatic nitrogens is 2. The molecule has 0 spiro atoms. The zero-order valence-electron chi connectivity index (χ0n) is 23.6. The Kier molecular flexibility index (Phi) is 6.63. The van der Waals surface area contributed by atoms with Gasteiger partial charge in [0.25, 0.3) is 0 Å². The van der Waals surface area contributed by atoms with Gasteiger partial charge in [0, 0.05) is 31.1 Å². The molecular formula is C33H36N6O2. The standard InChI is InChI=1S/C33H36N6O2/c1-3-31(40)39-15-14-38(19-23(39)11-12-34)32-27-10-9-21(25-7-4-8-26-28-16-22(28)17-29(25)26)18-30(27)35-33(36-32)41-20-24-6-5-13-37(24)2/h3-4,7-10,18,22-24,28H,1,5-6,11,13-17,19-20H2,2H3/t22?,23-,24-,28?/m0/s1. The third kappa shape index (κ3) is 4.72. The number of benzene rings is 2. The fraction of sp³-hybridized carbons (Fsp3) is 0.455. The summed E-state index contributed by atoms with van der Waals surface area (Å²) in [5.41, 5.74) is 6.34. The van der Waals surface area contributed by atoms with Crippen LogP contribution < -0.4 is 9.64 Å². The van der Waals surface area contributed by atoms with Crippen LogP contribution in [0.3, 0.4) is 0 Å². The minimum atomic E-state index is -0.238. The molecule has 41 heavy (non-hydrogen) atoms. The molecule has 0 N–H and O–H groups in total. The molecule has 7 rings (SSSR count). The second-order valence-corrected chi connectivity index (χ2v) is 12.0. The lowest BCUT2D eigenvalue weighted by atomic mass is 9.94. The SMILES string of the molecule is C=CC(=O)N1CCN(c2nc(OC[C@@H]3CCCN3C)nc3cc(-c4cccc5c4CC4CC54)ccc23)C[C@@H]1CC#N. The lowest BCUT2D eigenvalue weighted by molar-refractivity contribution is -0.128. The molecule has 0 radical (unpaired) electrons. The summed E-state index contributed by atoms with van der Waals surface area (Å²) < 4.78 is 6.27. The van der Waals surface area contributed by atoms with Gasteiger partial charge in [0.1, 0.15) is 12.4 Å². The molecule has 210 valence electrons. The molecule has 3 heterocycles. The quantitative estimate of drug-likeness (QED) is 0.401. The Balaban J connectivity index is 1.26. The molecule has 2 aliphatic carbocycles. The summed E-state index contributed by atoms with van der Waals surface area (Å²) >= 11 is 0. The molecule has 3 fully saturated rings. The van der Waals surface area contributed by atoms with E-state index in [1.807, 2.05) is 0 Å². The Morgan fingerprint density at radius 2 is 2.10 bits per heavy atom. The zero-order chi connectivity index (χ0) is 28.1. The lowest BCUT2D eigenvalue weighted by Crippen LogP contribution is -2.55. The molecule has 2 saturated heterocycles. The number of hydrogen-bond acceptors (Lipinski definition) is 7. The Hall–Kier alpha value is -3.96. The number of anilines is 1. The van der Waals surface area contributed by atoms with Gasteiger partial charge in [-0.05, 0) is 91.6 Å². The summed E-state index contributed by atoms with van der Waals surface area (Å²) in [4.78, 5) is 28.6. The first-order valence-corrected chi connectivity index (χ1v) is 14.9. The molecule has 8 heteroatoms. The maximum absolute atomic E-state index is 12.5. The van der Waals surface area contributed by atoms with Crippen molar-refractivity contribution in [2.24, 2.45) is 5.92 Å². The number of rotatable bonds is 7. The molecule has 2 unspecified atom stereocenters. The third-order valence-electron chi connectivity index (χ3n) is 9.61. The Morgan fingerprint density at radius 3 is 2.90 bits per heavy atom. The van der Waals surface area contributed by atoms with Gasteiger partial charge in [-0.25, -0.2) is 0 Å². The van der Waals surface area contributed by atoms with Crippen LogP contribution in [0.25, 0.3) is 22.0 Å². The highest BCUT2D eigenvalue weighted by atomic mass is 16.5. The van der Waals surface area contributed by atoms with Crippen molar-refractivity contribution in [3.05, 3.63) is 60.2 Å². The first-order chi connectivity index (χ1) is 20.0. The van der Waals surface area contributed by atoms with E-state index in [4.69, 9.17) is 14.7 Å². The van der Waals surface area contributed by atoms with Crippen LogP contribution in [0, 0.1) is 17.2 Å². The average Bonchev–Trinajstić information content (AvgIpc) is 3.49. The van der Waals surface area contributed by atoms with Crippen molar-refractivity contribution >= 4 is 22.6 Å². The Morgan fingerprint density at radius 1 is 1.20 bits per heavy atom. The maximum Gasteiger partial charge on any atom is 0.319 e. The summed E-state index contributed by atoms with van der Waals surface area (Å²) in [6.45, 7) is 6.91. The normalized spacial score (nSPS) is 25.1. The maximum atomic E-state index is 12.5. The highest BCUT2D eigenvalue weighted by Gasteiger charge is 2.45. The summed E-state index contributed by atoms with van der Waals surface area (Å²) in [6.07, 6.45) is 6.37. The minimum Gasteiger partial charge on any atom is -0.462 e. The molecule has 8 nitrogen and oxygen atoms in total. The van der Waals surface area contributed by atoms with E-state index in [1.165, 1.54) is 47.6 Å². The molecule has 0 bridgehead atoms. The zero-order valence-corrected chi connectivity index (χ0v) is 23.6. The van der Waals surface area contributed by atoms with Gasteiger partial charge in [-0.3, -0.25) is 4.79 Å². The number of amides is 1. The van der Waals surface area contributed by atoms with Crippen LogP contribution in [0.15, 0.2) is 49.1 Å². The highest BCUT2D eigenvalue weighted by Crippen LogP contribution is 2.57. The van der Waals surface area contributed by atoms with Gasteiger partial charge in [-0.15, -0.1) is 0 Å². The lowest BCUT2D eigenvalue weighted by Gasteiger charge is -2.41. The van der Waals surface area contributed by atoms with Crippen molar-refractivity contribution < 1.29 is 9.53 Å². The van der Waals surface area contributed by atoms with Crippen molar-refractivity contribution in [3.63, 3.8) is 0 Å². The Labute approximate surface area is 241 Å². The predicted molar refractivity (Wildman–Crippen MR) is 159 cm³/mol. The molecule has 1 saturated carbocycles. The fourth-order valence-corrected chi connectivity index (χ4v) is 7.23. The number of ether oxygens (including phenoxy) is 1. The summed E-state index contributed by atoms with van der Waals surface area (Å²) in [5.74, 6) is 2.23. The van der Waals surface area contributed by atoms with Crippen LogP contribution in [-0.4, -0.2) is 77.6 Å². The second-order valence-electron chi connectivity index (χ2n) is 12.0. The number of likely N-dealkylation sites (N-methyl/N-ethyl adjacent to an activating group) is 1. The molecule has 4 atom stereocenters. The number of nitrogens with zero attached hydrogens (tertiary/aromatic N) is 6. The molecule has 1 amide bonds. The van der Waals surface area contributed by atoms with E-state index in [1.54, 1.807) is 4.90 Å². The number of nitriles is 1. The third-order valence-corrected chi connectivity index (χ3v) is 9.61. The summed E-state index contributed by atoms with van der Waals surface area (Å²) in [6, 6.07) is 16.0. The topological polar surface area (TPSA) is 85.6 Å². The van der Waals surface area contributed by atoms with Gasteiger partial charge in [0.05, 0.1) is 24.0 Å². The highest BCUT2D eigenvalue weighted by molar-refractivity contribution is 5.94. The average molecular weight is 549 g/mol. The molecule has 1 aromatic heterocycles. The van der Waals surface area contributed by atoms with Crippen LogP contribution in [0.5, 0.6) is 6.01 Å². The number of hydrogen-bond donors (Lipinski definition) is 0. The molecule has 2 aromatic carbocycles. The molecule has 4 aliphatic rings. The van der Waals surface area contributed by atoms with Crippen molar-refractivity contribution in [2.45, 2.75) is 50.1 Å². The first kappa shape index (κ1) is 26.0. The molecule has 3 aromatic rings. The number of carbonyl (C=O) groups is 1. The van der Waals surface area contributed by atoms with Gasteiger partial charge in [0.2, 0.25) is 5.91 Å². The number of likely N-dealkylation sites (tertiary alicyclic amines) is 1. The summed E-state index contributed by atoms with van der Waals surface area (Å²) in [7, 11) is 2.14. The molecular weight excluding hydrogens is 512 g/mol. The minimum absolute atomic E-state index is 0.139. The van der Waals surface area contributed by atoms with Gasteiger partial charge < -0.3 is 19.4 Å². The number of piperazine rings is 1.